The molecule has 2 heteroatoms. The van der Waals surface area contributed by atoms with E-state index in [-0.39, 0.29) is 6.04 Å². The van der Waals surface area contributed by atoms with Crippen LogP contribution in [0.25, 0.3) is 0 Å². The number of nitrogens with two attached hydrogens (primary N) is 1. The zero-order valence-corrected chi connectivity index (χ0v) is 6.83. The quantitative estimate of drug-likeness (QED) is 0.714. The van der Waals surface area contributed by atoms with E-state index >= 15 is 0 Å². The number of aromatic nitrogens is 1. The molecule has 60 valence electrons. The first kappa shape index (κ1) is 8.21. The highest BCUT2D eigenvalue weighted by Crippen LogP contribution is 2.12. The molecule has 1 atom stereocenters. The van der Waals surface area contributed by atoms with Gasteiger partial charge in [0, 0.05) is 18.4 Å². The van der Waals surface area contributed by atoms with Crippen LogP contribution in [0.4, 0.5) is 0 Å². The van der Waals surface area contributed by atoms with Crippen molar-refractivity contribution in [2.45, 2.75) is 25.8 Å². The monoisotopic (exact) mass is 150 g/mol. The van der Waals surface area contributed by atoms with Crippen molar-refractivity contribution in [3.63, 3.8) is 0 Å². The minimum Gasteiger partial charge on any atom is -0.324 e. The fourth-order valence-corrected chi connectivity index (χ4v) is 1.07. The first-order valence-corrected chi connectivity index (χ1v) is 4.00. The van der Waals surface area contributed by atoms with Crippen LogP contribution >= 0.6 is 0 Å². The molecule has 0 fully saturated rings. The van der Waals surface area contributed by atoms with Gasteiger partial charge in [0.2, 0.25) is 0 Å². The first-order valence-electron chi connectivity index (χ1n) is 4.00. The van der Waals surface area contributed by atoms with Crippen LogP contribution in [0.5, 0.6) is 0 Å². The van der Waals surface area contributed by atoms with Gasteiger partial charge < -0.3 is 5.73 Å². The lowest BCUT2D eigenvalue weighted by molar-refractivity contribution is 0.636. The molecular weight excluding hydrogens is 136 g/mol. The molecule has 0 aliphatic carbocycles. The Labute approximate surface area is 67.5 Å². The molecule has 0 saturated heterocycles. The van der Waals surface area contributed by atoms with Gasteiger partial charge in [0.15, 0.2) is 0 Å². The topological polar surface area (TPSA) is 38.9 Å². The molecule has 11 heavy (non-hydrogen) atoms. The smallest absolute Gasteiger partial charge is 0.0315 e. The molecule has 2 nitrogen and oxygen atoms in total. The molecule has 1 aromatic rings. The van der Waals surface area contributed by atoms with Crippen LogP contribution in [0.2, 0.25) is 0 Å². The lowest BCUT2D eigenvalue weighted by atomic mass is 10.1. The molecule has 0 aromatic carbocycles. The van der Waals surface area contributed by atoms with Gasteiger partial charge >= 0.3 is 0 Å². The Morgan fingerprint density at radius 3 is 3.00 bits per heavy atom. The molecule has 0 saturated carbocycles. The zero-order chi connectivity index (χ0) is 8.10. The predicted molar refractivity (Wildman–Crippen MR) is 46.1 cm³/mol. The van der Waals surface area contributed by atoms with Gasteiger partial charge in [-0.3, -0.25) is 4.98 Å². The first-order chi connectivity index (χ1) is 5.34. The van der Waals surface area contributed by atoms with Gasteiger partial charge in [-0.15, -0.1) is 0 Å². The Hall–Kier alpha value is -0.890. The maximum absolute atomic E-state index is 5.87. The number of rotatable bonds is 3. The molecular formula is C9H14N2. The standard InChI is InChI=1S/C9H14N2/c1-2-4-9(10)8-5-3-6-11-7-8/h3,5-7,9H,2,4,10H2,1H3. The molecule has 0 radical (unpaired) electrons. The van der Waals surface area contributed by atoms with Crippen molar-refractivity contribution < 1.29 is 0 Å². The molecule has 0 amide bonds. The van der Waals surface area contributed by atoms with Gasteiger partial charge in [0.25, 0.3) is 0 Å². The van der Waals surface area contributed by atoms with Crippen molar-refractivity contribution >= 4 is 0 Å². The Morgan fingerprint density at radius 1 is 1.64 bits per heavy atom. The van der Waals surface area contributed by atoms with Crippen molar-refractivity contribution in [2.75, 3.05) is 0 Å². The van der Waals surface area contributed by atoms with Crippen LogP contribution in [-0.4, -0.2) is 4.98 Å². The summed E-state index contributed by atoms with van der Waals surface area (Å²) in [6, 6.07) is 4.10. The molecule has 0 bridgehead atoms. The normalized spacial score (nSPS) is 12.9. The Balaban J connectivity index is 2.61. The molecule has 1 aromatic heterocycles. The van der Waals surface area contributed by atoms with Gasteiger partial charge in [0.1, 0.15) is 0 Å². The third-order valence-corrected chi connectivity index (χ3v) is 1.71. The molecule has 1 rings (SSSR count). The molecule has 2 N–H and O–H groups in total. The minimum absolute atomic E-state index is 0.161. The van der Waals surface area contributed by atoms with Crippen molar-refractivity contribution in [1.82, 2.24) is 4.98 Å². The highest BCUT2D eigenvalue weighted by molar-refractivity contribution is 5.12. The molecule has 0 aliphatic heterocycles. The van der Waals surface area contributed by atoms with Gasteiger partial charge in [-0.1, -0.05) is 19.4 Å². The second kappa shape index (κ2) is 4.09. The fourth-order valence-electron chi connectivity index (χ4n) is 1.07. The fraction of sp³-hybridized carbons (Fsp3) is 0.444. The van der Waals surface area contributed by atoms with E-state index < -0.39 is 0 Å². The predicted octanol–water partition coefficient (Wildman–Crippen LogP) is 1.88. The van der Waals surface area contributed by atoms with E-state index in [0.717, 1.165) is 18.4 Å². The summed E-state index contributed by atoms with van der Waals surface area (Å²) in [4.78, 5) is 4.01. The average Bonchev–Trinajstić information content (AvgIpc) is 2.07. The second-order valence-corrected chi connectivity index (χ2v) is 2.68. The summed E-state index contributed by atoms with van der Waals surface area (Å²) >= 11 is 0. The average molecular weight is 150 g/mol. The van der Waals surface area contributed by atoms with Crippen LogP contribution in [0, 0.1) is 0 Å². The van der Waals surface area contributed by atoms with Crippen LogP contribution < -0.4 is 5.73 Å². The molecule has 0 aliphatic rings. The van der Waals surface area contributed by atoms with Gasteiger partial charge in [-0.05, 0) is 18.1 Å². The van der Waals surface area contributed by atoms with Crippen molar-refractivity contribution in [3.8, 4) is 0 Å². The summed E-state index contributed by atoms with van der Waals surface area (Å²) in [6.45, 7) is 2.14. The van der Waals surface area contributed by atoms with Crippen LogP contribution in [0.1, 0.15) is 31.4 Å². The third-order valence-electron chi connectivity index (χ3n) is 1.71. The Kier molecular flexibility index (Phi) is 3.05. The van der Waals surface area contributed by atoms with Gasteiger partial charge in [-0.2, -0.15) is 0 Å². The number of nitrogens with zero attached hydrogens (tertiary/aromatic N) is 1. The number of pyridine rings is 1. The van der Waals surface area contributed by atoms with Crippen LogP contribution in [-0.2, 0) is 0 Å². The summed E-state index contributed by atoms with van der Waals surface area (Å²) in [6.07, 6.45) is 5.75. The van der Waals surface area contributed by atoms with E-state index in [1.807, 2.05) is 18.3 Å². The lowest BCUT2D eigenvalue weighted by Crippen LogP contribution is -2.09. The van der Waals surface area contributed by atoms with Crippen molar-refractivity contribution in [2.24, 2.45) is 5.73 Å². The summed E-state index contributed by atoms with van der Waals surface area (Å²) < 4.78 is 0. The van der Waals surface area contributed by atoms with Gasteiger partial charge in [-0.25, -0.2) is 0 Å². The van der Waals surface area contributed by atoms with Crippen LogP contribution in [0.3, 0.4) is 0 Å². The van der Waals surface area contributed by atoms with E-state index in [1.54, 1.807) is 6.20 Å². The van der Waals surface area contributed by atoms with E-state index in [4.69, 9.17) is 5.73 Å². The molecule has 1 heterocycles. The Morgan fingerprint density at radius 2 is 2.45 bits per heavy atom. The van der Waals surface area contributed by atoms with Gasteiger partial charge in [0.05, 0.1) is 0 Å². The zero-order valence-electron chi connectivity index (χ0n) is 6.83. The molecule has 0 spiro atoms. The summed E-state index contributed by atoms with van der Waals surface area (Å²) in [5.41, 5.74) is 7.00. The summed E-state index contributed by atoms with van der Waals surface area (Å²) in [5.74, 6) is 0. The van der Waals surface area contributed by atoms with Crippen LogP contribution in [0.15, 0.2) is 24.5 Å². The lowest BCUT2D eigenvalue weighted by Gasteiger charge is -2.08. The van der Waals surface area contributed by atoms with E-state index in [0.29, 0.717) is 0 Å². The Bertz CT molecular complexity index is 196. The third kappa shape index (κ3) is 2.31. The summed E-state index contributed by atoms with van der Waals surface area (Å²) in [7, 11) is 0. The maximum atomic E-state index is 5.87. The summed E-state index contributed by atoms with van der Waals surface area (Å²) in [5, 5.41) is 0. The number of hydrogen-bond donors (Lipinski definition) is 1. The van der Waals surface area contributed by atoms with E-state index in [9.17, 15) is 0 Å². The van der Waals surface area contributed by atoms with Crippen molar-refractivity contribution in [3.05, 3.63) is 30.1 Å². The largest absolute Gasteiger partial charge is 0.324 e. The minimum atomic E-state index is 0.161. The second-order valence-electron chi connectivity index (χ2n) is 2.68. The highest BCUT2D eigenvalue weighted by Gasteiger charge is 2.02. The number of hydrogen-bond acceptors (Lipinski definition) is 2. The van der Waals surface area contributed by atoms with E-state index in [1.165, 1.54) is 0 Å². The molecule has 1 unspecified atom stereocenters. The maximum Gasteiger partial charge on any atom is 0.0315 e. The highest BCUT2D eigenvalue weighted by atomic mass is 14.7. The van der Waals surface area contributed by atoms with Crippen molar-refractivity contribution in [1.29, 1.82) is 0 Å². The SMILES string of the molecule is CCCC(N)c1cccnc1. The van der Waals surface area contributed by atoms with E-state index in [2.05, 4.69) is 11.9 Å².